The first-order valence-electron chi connectivity index (χ1n) is 13.5. The lowest BCUT2D eigenvalue weighted by atomic mass is 10.0. The Balaban J connectivity index is 1.81. The Hall–Kier alpha value is -3.37. The van der Waals surface area contributed by atoms with Gasteiger partial charge in [-0.05, 0) is 54.4 Å². The van der Waals surface area contributed by atoms with Gasteiger partial charge in [0.2, 0.25) is 11.8 Å². The van der Waals surface area contributed by atoms with Crippen LogP contribution in [0, 0.1) is 0 Å². The molecule has 0 unspecified atom stereocenters. The SMILES string of the molecule is CCNC(=O)[C@H](Cc1ccccc1)N(Cc1ccc(Br)cc1)C(=O)CN(c1cccc(Cl)c1Cl)S(=O)(=O)c1ccccc1. The molecular weight excluding hydrogens is 673 g/mol. The number of carbonyl (C=O) groups is 2. The van der Waals surface area contributed by atoms with Gasteiger partial charge in [0.1, 0.15) is 12.6 Å². The van der Waals surface area contributed by atoms with Crippen molar-refractivity contribution in [2.75, 3.05) is 17.4 Å². The Kier molecular flexibility index (Phi) is 11.3. The van der Waals surface area contributed by atoms with Crippen molar-refractivity contribution in [1.29, 1.82) is 0 Å². The molecule has 1 N–H and O–H groups in total. The molecule has 4 rings (SSSR count). The van der Waals surface area contributed by atoms with Crippen molar-refractivity contribution in [1.82, 2.24) is 10.2 Å². The summed E-state index contributed by atoms with van der Waals surface area (Å²) in [4.78, 5) is 29.3. The highest BCUT2D eigenvalue weighted by Gasteiger charge is 2.35. The van der Waals surface area contributed by atoms with Crippen LogP contribution in [0.15, 0.2) is 112 Å². The van der Waals surface area contributed by atoms with Crippen LogP contribution in [0.25, 0.3) is 0 Å². The zero-order valence-electron chi connectivity index (χ0n) is 23.3. The predicted octanol–water partition coefficient (Wildman–Crippen LogP) is 6.73. The molecule has 2 amide bonds. The van der Waals surface area contributed by atoms with Crippen LogP contribution in [0.2, 0.25) is 10.0 Å². The summed E-state index contributed by atoms with van der Waals surface area (Å²) in [6, 6.07) is 28.1. The number of nitrogens with one attached hydrogen (secondary N) is 1. The van der Waals surface area contributed by atoms with E-state index in [1.54, 1.807) is 31.2 Å². The van der Waals surface area contributed by atoms with Gasteiger partial charge in [0.15, 0.2) is 0 Å². The third-order valence-corrected chi connectivity index (χ3v) is 9.81. The lowest BCUT2D eigenvalue weighted by molar-refractivity contribution is -0.140. The number of anilines is 1. The van der Waals surface area contributed by atoms with Crippen molar-refractivity contribution in [3.05, 3.63) is 129 Å². The van der Waals surface area contributed by atoms with Gasteiger partial charge in [-0.25, -0.2) is 8.42 Å². The lowest BCUT2D eigenvalue weighted by Crippen LogP contribution is -2.53. The number of hydrogen-bond donors (Lipinski definition) is 1. The van der Waals surface area contributed by atoms with E-state index in [1.165, 1.54) is 29.2 Å². The second-order valence-electron chi connectivity index (χ2n) is 9.65. The standard InChI is InChI=1S/C32H30BrCl2N3O4S/c1-2-36-32(40)29(20-23-10-5-3-6-11-23)37(21-24-16-18-25(33)19-17-24)30(39)22-38(28-15-9-14-27(34)31(28)35)43(41,42)26-12-7-4-8-13-26/h3-19,29H,2,20-22H2,1H3,(H,36,40)/t29-/m0/s1. The average molecular weight is 703 g/mol. The van der Waals surface area contributed by atoms with E-state index in [0.29, 0.717) is 6.54 Å². The van der Waals surface area contributed by atoms with Gasteiger partial charge in [0, 0.05) is 24.0 Å². The molecule has 0 heterocycles. The Morgan fingerprint density at radius 1 is 0.837 bits per heavy atom. The van der Waals surface area contributed by atoms with Gasteiger partial charge < -0.3 is 10.2 Å². The Labute approximate surface area is 270 Å². The van der Waals surface area contributed by atoms with E-state index in [2.05, 4.69) is 21.2 Å². The lowest BCUT2D eigenvalue weighted by Gasteiger charge is -2.34. The molecular formula is C32H30BrCl2N3O4S. The molecule has 0 saturated carbocycles. The molecule has 0 aliphatic heterocycles. The van der Waals surface area contributed by atoms with Crippen molar-refractivity contribution in [3.8, 4) is 0 Å². The molecule has 0 bridgehead atoms. The highest BCUT2D eigenvalue weighted by molar-refractivity contribution is 9.10. The normalized spacial score (nSPS) is 11.9. The summed E-state index contributed by atoms with van der Waals surface area (Å²) in [7, 11) is -4.28. The van der Waals surface area contributed by atoms with E-state index >= 15 is 0 Å². The molecule has 0 aromatic heterocycles. The zero-order chi connectivity index (χ0) is 31.0. The third kappa shape index (κ3) is 8.17. The highest BCUT2D eigenvalue weighted by Crippen LogP contribution is 2.35. The molecule has 0 fully saturated rings. The smallest absolute Gasteiger partial charge is 0.264 e. The summed E-state index contributed by atoms with van der Waals surface area (Å²) < 4.78 is 29.8. The minimum Gasteiger partial charge on any atom is -0.355 e. The second kappa shape index (κ2) is 14.9. The minimum atomic E-state index is -4.28. The van der Waals surface area contributed by atoms with Crippen LogP contribution in [0.4, 0.5) is 5.69 Å². The third-order valence-electron chi connectivity index (χ3n) is 6.70. The fourth-order valence-corrected chi connectivity index (χ4v) is 6.71. The molecule has 11 heteroatoms. The molecule has 0 spiro atoms. The summed E-state index contributed by atoms with van der Waals surface area (Å²) in [6.07, 6.45) is 0.221. The topological polar surface area (TPSA) is 86.8 Å². The fourth-order valence-electron chi connectivity index (χ4n) is 4.55. The largest absolute Gasteiger partial charge is 0.355 e. The van der Waals surface area contributed by atoms with Crippen molar-refractivity contribution in [3.63, 3.8) is 0 Å². The predicted molar refractivity (Wildman–Crippen MR) is 175 cm³/mol. The average Bonchev–Trinajstić information content (AvgIpc) is 3.01. The van der Waals surface area contributed by atoms with Crippen LogP contribution in [-0.2, 0) is 32.6 Å². The minimum absolute atomic E-state index is 0.0134. The Bertz CT molecular complexity index is 1660. The van der Waals surface area contributed by atoms with Gasteiger partial charge in [0.25, 0.3) is 10.0 Å². The van der Waals surface area contributed by atoms with Crippen LogP contribution >= 0.6 is 39.1 Å². The van der Waals surface area contributed by atoms with Crippen LogP contribution in [-0.4, -0.2) is 44.3 Å². The number of rotatable bonds is 12. The summed E-state index contributed by atoms with van der Waals surface area (Å²) >= 11 is 16.2. The zero-order valence-corrected chi connectivity index (χ0v) is 27.2. The molecule has 7 nitrogen and oxygen atoms in total. The number of hydrogen-bond acceptors (Lipinski definition) is 4. The van der Waals surface area contributed by atoms with Gasteiger partial charge in [-0.1, -0.05) is 106 Å². The molecule has 43 heavy (non-hydrogen) atoms. The molecule has 0 saturated heterocycles. The second-order valence-corrected chi connectivity index (χ2v) is 13.2. The van der Waals surface area contributed by atoms with Crippen LogP contribution in [0.3, 0.4) is 0 Å². The summed E-state index contributed by atoms with van der Waals surface area (Å²) in [6.45, 7) is 1.59. The van der Waals surface area contributed by atoms with Crippen molar-refractivity contribution >= 4 is 66.7 Å². The van der Waals surface area contributed by atoms with E-state index in [1.807, 2.05) is 54.6 Å². The molecule has 0 radical (unpaired) electrons. The quantitative estimate of drug-likeness (QED) is 0.178. The van der Waals surface area contributed by atoms with E-state index in [0.717, 1.165) is 19.9 Å². The first kappa shape index (κ1) is 32.5. The van der Waals surface area contributed by atoms with Gasteiger partial charge >= 0.3 is 0 Å². The molecule has 4 aromatic rings. The van der Waals surface area contributed by atoms with Crippen molar-refractivity contribution in [2.45, 2.75) is 30.8 Å². The maximum Gasteiger partial charge on any atom is 0.264 e. The number of likely N-dealkylation sites (N-methyl/N-ethyl adjacent to an activating group) is 1. The molecule has 0 aliphatic carbocycles. The number of nitrogens with zero attached hydrogens (tertiary/aromatic N) is 2. The Morgan fingerprint density at radius 2 is 1.47 bits per heavy atom. The van der Waals surface area contributed by atoms with Gasteiger partial charge in [-0.2, -0.15) is 0 Å². The molecule has 4 aromatic carbocycles. The Morgan fingerprint density at radius 3 is 2.09 bits per heavy atom. The maximum absolute atomic E-state index is 14.4. The van der Waals surface area contributed by atoms with Crippen molar-refractivity contribution < 1.29 is 18.0 Å². The summed E-state index contributed by atoms with van der Waals surface area (Å²) in [5.41, 5.74) is 1.66. The van der Waals surface area contributed by atoms with E-state index in [9.17, 15) is 18.0 Å². The van der Waals surface area contributed by atoms with E-state index < -0.39 is 28.5 Å². The highest BCUT2D eigenvalue weighted by atomic mass is 79.9. The van der Waals surface area contributed by atoms with Crippen molar-refractivity contribution in [2.24, 2.45) is 0 Å². The van der Waals surface area contributed by atoms with Gasteiger partial charge in [-0.15, -0.1) is 0 Å². The van der Waals surface area contributed by atoms with Gasteiger partial charge in [0.05, 0.1) is 20.6 Å². The number of halogens is 3. The molecule has 1 atom stereocenters. The van der Waals surface area contributed by atoms with Crippen LogP contribution in [0.1, 0.15) is 18.1 Å². The number of sulfonamides is 1. The fraction of sp³-hybridized carbons (Fsp3) is 0.188. The summed E-state index contributed by atoms with van der Waals surface area (Å²) in [5.74, 6) is -0.944. The number of carbonyl (C=O) groups excluding carboxylic acids is 2. The van der Waals surface area contributed by atoms with E-state index in [-0.39, 0.29) is 39.5 Å². The first-order valence-corrected chi connectivity index (χ1v) is 16.5. The summed E-state index contributed by atoms with van der Waals surface area (Å²) in [5, 5.41) is 2.96. The van der Waals surface area contributed by atoms with E-state index in [4.69, 9.17) is 23.2 Å². The molecule has 0 aliphatic rings. The monoisotopic (exact) mass is 701 g/mol. The maximum atomic E-state index is 14.4. The number of benzene rings is 4. The molecule has 224 valence electrons. The number of amides is 2. The van der Waals surface area contributed by atoms with Gasteiger partial charge in [-0.3, -0.25) is 13.9 Å². The first-order chi connectivity index (χ1) is 20.6. The van der Waals surface area contributed by atoms with Crippen LogP contribution in [0.5, 0.6) is 0 Å². The van der Waals surface area contributed by atoms with Crippen LogP contribution < -0.4 is 9.62 Å².